The van der Waals surface area contributed by atoms with Crippen molar-refractivity contribution in [2.75, 3.05) is 13.6 Å². The van der Waals surface area contributed by atoms with E-state index in [0.717, 1.165) is 45.4 Å². The number of aliphatic imine (C=N–C) groups is 1. The average molecular weight is 317 g/mol. The van der Waals surface area contributed by atoms with Crippen LogP contribution in [-0.2, 0) is 0 Å². The van der Waals surface area contributed by atoms with Crippen molar-refractivity contribution in [3.05, 3.63) is 34.5 Å². The molecule has 0 N–H and O–H groups in total. The molecule has 0 aliphatic heterocycles. The van der Waals surface area contributed by atoms with Crippen LogP contribution in [0, 0.1) is 27.7 Å². The highest BCUT2D eigenvalue weighted by molar-refractivity contribution is 7.08. The summed E-state index contributed by atoms with van der Waals surface area (Å²) in [7, 11) is 2.01. The lowest BCUT2D eigenvalue weighted by molar-refractivity contribution is 0.488. The number of aryl methyl sites for hydroxylation is 3. The summed E-state index contributed by atoms with van der Waals surface area (Å²) in [5.74, 6) is 0.868. The van der Waals surface area contributed by atoms with Crippen LogP contribution in [0.15, 0.2) is 17.1 Å². The van der Waals surface area contributed by atoms with E-state index in [1.54, 1.807) is 0 Å². The Hall–Kier alpha value is -1.88. The van der Waals surface area contributed by atoms with Crippen molar-refractivity contribution in [3.63, 3.8) is 0 Å². The molecular formula is C17H23N3OS. The number of hydrogen-bond donors (Lipinski definition) is 0. The molecule has 0 radical (unpaired) electrons. The Balaban J connectivity index is 2.26. The maximum absolute atomic E-state index is 6.04. The van der Waals surface area contributed by atoms with Gasteiger partial charge in [0.15, 0.2) is 0 Å². The first-order chi connectivity index (χ1) is 10.4. The molecule has 0 bridgehead atoms. The SMILES string of the molecule is CCN(C)C=Nc1cc(C)c(Oc2snc(C)c2C)cc1C. The van der Waals surface area contributed by atoms with Gasteiger partial charge in [-0.2, -0.15) is 4.37 Å². The standard InChI is InChI=1S/C17H23N3OS/c1-7-20(6)10-18-15-8-12(3)16(9-11(15)2)21-17-13(4)14(5)19-22-17/h8-10H,7H2,1-6H3. The summed E-state index contributed by atoms with van der Waals surface area (Å²) in [6.45, 7) is 11.2. The van der Waals surface area contributed by atoms with Crippen LogP contribution in [0.3, 0.4) is 0 Å². The lowest BCUT2D eigenvalue weighted by atomic mass is 10.1. The minimum atomic E-state index is 0.863. The maximum Gasteiger partial charge on any atom is 0.203 e. The van der Waals surface area contributed by atoms with Crippen LogP contribution in [0.25, 0.3) is 0 Å². The topological polar surface area (TPSA) is 37.7 Å². The Morgan fingerprint density at radius 2 is 1.95 bits per heavy atom. The second-order valence-corrected chi connectivity index (χ2v) is 6.24. The van der Waals surface area contributed by atoms with Gasteiger partial charge < -0.3 is 9.64 Å². The van der Waals surface area contributed by atoms with Gasteiger partial charge in [0.25, 0.3) is 0 Å². The number of aromatic nitrogens is 1. The van der Waals surface area contributed by atoms with E-state index in [0.29, 0.717) is 0 Å². The fraction of sp³-hybridized carbons (Fsp3) is 0.412. The van der Waals surface area contributed by atoms with E-state index in [1.807, 2.05) is 45.1 Å². The van der Waals surface area contributed by atoms with Crippen molar-refractivity contribution in [1.29, 1.82) is 0 Å². The molecule has 1 heterocycles. The van der Waals surface area contributed by atoms with Gasteiger partial charge in [0.05, 0.1) is 17.7 Å². The second kappa shape index (κ2) is 6.92. The first kappa shape index (κ1) is 16.5. The predicted molar refractivity (Wildman–Crippen MR) is 94.0 cm³/mol. The van der Waals surface area contributed by atoms with Gasteiger partial charge in [0.1, 0.15) is 5.75 Å². The monoisotopic (exact) mass is 317 g/mol. The Morgan fingerprint density at radius 1 is 1.23 bits per heavy atom. The lowest BCUT2D eigenvalue weighted by Crippen LogP contribution is -2.14. The molecule has 5 heteroatoms. The van der Waals surface area contributed by atoms with E-state index in [9.17, 15) is 0 Å². The summed E-state index contributed by atoms with van der Waals surface area (Å²) < 4.78 is 10.4. The number of nitrogens with zero attached hydrogens (tertiary/aromatic N) is 3. The Kier molecular flexibility index (Phi) is 5.19. The lowest BCUT2D eigenvalue weighted by Gasteiger charge is -2.12. The van der Waals surface area contributed by atoms with Gasteiger partial charge in [-0.3, -0.25) is 0 Å². The summed E-state index contributed by atoms with van der Waals surface area (Å²) in [6.07, 6.45) is 1.86. The molecule has 0 saturated heterocycles. The summed E-state index contributed by atoms with van der Waals surface area (Å²) in [5, 5.41) is 0.863. The van der Waals surface area contributed by atoms with Crippen LogP contribution in [0.4, 0.5) is 5.69 Å². The smallest absolute Gasteiger partial charge is 0.203 e. The number of hydrogen-bond acceptors (Lipinski definition) is 4. The minimum absolute atomic E-state index is 0.863. The molecule has 118 valence electrons. The van der Waals surface area contributed by atoms with Crippen molar-refractivity contribution >= 4 is 23.6 Å². The zero-order valence-electron chi connectivity index (χ0n) is 14.1. The molecule has 2 rings (SSSR count). The third-order valence-corrected chi connectivity index (χ3v) is 4.62. The molecule has 0 unspecified atom stereocenters. The Morgan fingerprint density at radius 3 is 2.55 bits per heavy atom. The highest BCUT2D eigenvalue weighted by atomic mass is 32.1. The van der Waals surface area contributed by atoms with E-state index in [4.69, 9.17) is 4.74 Å². The zero-order valence-corrected chi connectivity index (χ0v) is 14.9. The fourth-order valence-corrected chi connectivity index (χ4v) is 2.62. The summed E-state index contributed by atoms with van der Waals surface area (Å²) in [4.78, 5) is 6.59. The molecule has 4 nitrogen and oxygen atoms in total. The first-order valence-corrected chi connectivity index (χ1v) is 8.16. The molecular weight excluding hydrogens is 294 g/mol. The molecule has 0 fully saturated rings. The van der Waals surface area contributed by atoms with Gasteiger partial charge in [-0.15, -0.1) is 0 Å². The predicted octanol–water partition coefficient (Wildman–Crippen LogP) is 4.78. The quantitative estimate of drug-likeness (QED) is 0.588. The van der Waals surface area contributed by atoms with Crippen LogP contribution in [-0.4, -0.2) is 29.2 Å². The number of benzene rings is 1. The molecule has 1 aromatic heterocycles. The average Bonchev–Trinajstić information content (AvgIpc) is 2.80. The van der Waals surface area contributed by atoms with Crippen LogP contribution in [0.5, 0.6) is 10.8 Å². The van der Waals surface area contributed by atoms with Crippen molar-refractivity contribution < 1.29 is 4.74 Å². The normalized spacial score (nSPS) is 11.2. The van der Waals surface area contributed by atoms with Gasteiger partial charge in [0.2, 0.25) is 5.06 Å². The molecule has 22 heavy (non-hydrogen) atoms. The van der Waals surface area contributed by atoms with E-state index in [-0.39, 0.29) is 0 Å². The third kappa shape index (κ3) is 3.65. The Labute approximate surface area is 136 Å². The highest BCUT2D eigenvalue weighted by Crippen LogP contribution is 2.35. The molecule has 0 saturated carbocycles. The largest absolute Gasteiger partial charge is 0.445 e. The van der Waals surface area contributed by atoms with Gasteiger partial charge in [-0.05, 0) is 57.9 Å². The fourth-order valence-electron chi connectivity index (χ4n) is 1.86. The molecule has 0 atom stereocenters. The molecule has 0 spiro atoms. The molecule has 0 aliphatic carbocycles. The van der Waals surface area contributed by atoms with Crippen molar-refractivity contribution in [2.24, 2.45) is 4.99 Å². The second-order valence-electron chi connectivity index (χ2n) is 5.50. The molecule has 1 aromatic carbocycles. The number of rotatable bonds is 5. The van der Waals surface area contributed by atoms with Gasteiger partial charge in [-0.1, -0.05) is 0 Å². The zero-order chi connectivity index (χ0) is 16.3. The van der Waals surface area contributed by atoms with E-state index >= 15 is 0 Å². The van der Waals surface area contributed by atoms with Crippen LogP contribution < -0.4 is 4.74 Å². The van der Waals surface area contributed by atoms with E-state index < -0.39 is 0 Å². The first-order valence-electron chi connectivity index (χ1n) is 7.38. The molecule has 2 aromatic rings. The number of ether oxygens (including phenoxy) is 1. The third-order valence-electron chi connectivity index (χ3n) is 3.70. The molecule has 0 amide bonds. The minimum Gasteiger partial charge on any atom is -0.445 e. The summed E-state index contributed by atoms with van der Waals surface area (Å²) in [5.41, 5.74) is 5.27. The summed E-state index contributed by atoms with van der Waals surface area (Å²) in [6, 6.07) is 4.11. The van der Waals surface area contributed by atoms with E-state index in [1.165, 1.54) is 11.5 Å². The van der Waals surface area contributed by atoms with Crippen LogP contribution in [0.1, 0.15) is 29.3 Å². The van der Waals surface area contributed by atoms with E-state index in [2.05, 4.69) is 29.3 Å². The van der Waals surface area contributed by atoms with Crippen LogP contribution in [0.2, 0.25) is 0 Å². The van der Waals surface area contributed by atoms with Crippen molar-refractivity contribution in [1.82, 2.24) is 9.27 Å². The Bertz CT molecular complexity index is 691. The van der Waals surface area contributed by atoms with Gasteiger partial charge in [0, 0.05) is 30.7 Å². The highest BCUT2D eigenvalue weighted by Gasteiger charge is 2.11. The van der Waals surface area contributed by atoms with Gasteiger partial charge in [-0.25, -0.2) is 4.99 Å². The maximum atomic E-state index is 6.04. The van der Waals surface area contributed by atoms with Gasteiger partial charge >= 0.3 is 0 Å². The van der Waals surface area contributed by atoms with Crippen molar-refractivity contribution in [3.8, 4) is 10.8 Å². The van der Waals surface area contributed by atoms with Crippen molar-refractivity contribution in [2.45, 2.75) is 34.6 Å². The molecule has 0 aliphatic rings. The summed E-state index contributed by atoms with van der Waals surface area (Å²) >= 11 is 1.40. The van der Waals surface area contributed by atoms with Crippen LogP contribution >= 0.6 is 11.5 Å².